The van der Waals surface area contributed by atoms with Gasteiger partial charge in [-0.3, -0.25) is 15.0 Å². The van der Waals surface area contributed by atoms with E-state index in [1.807, 2.05) is 24.3 Å². The molecule has 0 saturated heterocycles. The molecule has 0 amide bonds. The van der Waals surface area contributed by atoms with E-state index in [4.69, 9.17) is 17.3 Å². The van der Waals surface area contributed by atoms with Gasteiger partial charge in [-0.25, -0.2) is 4.98 Å². The summed E-state index contributed by atoms with van der Waals surface area (Å²) in [4.78, 5) is 16.8. The molecule has 114 valence electrons. The highest BCUT2D eigenvalue weighted by Gasteiger charge is 2.09. The minimum atomic E-state index is 0.424. The van der Waals surface area contributed by atoms with Crippen molar-refractivity contribution in [1.82, 2.24) is 15.0 Å². The highest BCUT2D eigenvalue weighted by atomic mass is 35.5. The lowest BCUT2D eigenvalue weighted by Gasteiger charge is -2.09. The fourth-order valence-corrected chi connectivity index (χ4v) is 2.40. The zero-order chi connectivity index (χ0) is 16.2. The SMILES string of the molecule is CN=CC(=C(N)c1ccncc1)c1cnc2ccc(Cl)nc2c1. The van der Waals surface area contributed by atoms with Gasteiger partial charge in [-0.05, 0) is 30.3 Å². The number of allylic oxidation sites excluding steroid dienone is 1. The maximum atomic E-state index is 6.32. The van der Waals surface area contributed by atoms with Gasteiger partial charge in [-0.1, -0.05) is 11.6 Å². The zero-order valence-electron chi connectivity index (χ0n) is 12.4. The van der Waals surface area contributed by atoms with E-state index in [2.05, 4.69) is 19.9 Å². The van der Waals surface area contributed by atoms with Crippen molar-refractivity contribution in [3.05, 3.63) is 65.2 Å². The van der Waals surface area contributed by atoms with Crippen molar-refractivity contribution in [2.24, 2.45) is 10.7 Å². The van der Waals surface area contributed by atoms with Crippen LogP contribution < -0.4 is 5.73 Å². The number of pyridine rings is 3. The molecule has 0 spiro atoms. The molecule has 3 rings (SSSR count). The smallest absolute Gasteiger partial charge is 0.129 e. The Hall–Kier alpha value is -2.79. The van der Waals surface area contributed by atoms with Crippen LogP contribution in [-0.4, -0.2) is 28.2 Å². The van der Waals surface area contributed by atoms with Gasteiger partial charge in [0.25, 0.3) is 0 Å². The van der Waals surface area contributed by atoms with E-state index in [-0.39, 0.29) is 0 Å². The molecule has 0 atom stereocenters. The number of rotatable bonds is 3. The number of aliphatic imine (C=N–C) groups is 1. The monoisotopic (exact) mass is 323 g/mol. The van der Waals surface area contributed by atoms with Gasteiger partial charge in [-0.15, -0.1) is 0 Å². The van der Waals surface area contributed by atoms with Gasteiger partial charge in [0, 0.05) is 54.2 Å². The van der Waals surface area contributed by atoms with Crippen LogP contribution in [0, 0.1) is 0 Å². The summed E-state index contributed by atoms with van der Waals surface area (Å²) in [6, 6.07) is 9.15. The van der Waals surface area contributed by atoms with Crippen LogP contribution in [0.25, 0.3) is 22.3 Å². The second-order valence-corrected chi connectivity index (χ2v) is 5.23. The van der Waals surface area contributed by atoms with Crippen LogP contribution in [0.1, 0.15) is 11.1 Å². The number of fused-ring (bicyclic) bond motifs is 1. The number of nitrogens with two attached hydrogens (primary N) is 1. The first-order valence-corrected chi connectivity index (χ1v) is 7.32. The molecule has 2 N–H and O–H groups in total. The molecule has 0 radical (unpaired) electrons. The van der Waals surface area contributed by atoms with Crippen LogP contribution in [0.5, 0.6) is 0 Å². The first-order valence-electron chi connectivity index (χ1n) is 6.94. The number of aromatic nitrogens is 3. The molecule has 0 bridgehead atoms. The lowest BCUT2D eigenvalue weighted by Crippen LogP contribution is -2.03. The van der Waals surface area contributed by atoms with Crippen molar-refractivity contribution in [1.29, 1.82) is 0 Å². The summed E-state index contributed by atoms with van der Waals surface area (Å²) in [6.45, 7) is 0. The quantitative estimate of drug-likeness (QED) is 0.593. The molecule has 0 aliphatic heterocycles. The molecule has 6 heteroatoms. The maximum Gasteiger partial charge on any atom is 0.129 e. The molecule has 0 aliphatic carbocycles. The van der Waals surface area contributed by atoms with Gasteiger partial charge in [0.05, 0.1) is 11.0 Å². The minimum absolute atomic E-state index is 0.424. The summed E-state index contributed by atoms with van der Waals surface area (Å²) in [6.07, 6.45) is 6.86. The maximum absolute atomic E-state index is 6.32. The van der Waals surface area contributed by atoms with Gasteiger partial charge < -0.3 is 5.73 Å². The zero-order valence-corrected chi connectivity index (χ0v) is 13.2. The van der Waals surface area contributed by atoms with Gasteiger partial charge in [0.2, 0.25) is 0 Å². The van der Waals surface area contributed by atoms with Crippen LogP contribution in [0.3, 0.4) is 0 Å². The fourth-order valence-electron chi connectivity index (χ4n) is 2.24. The Balaban J connectivity index is 2.19. The molecule has 5 nitrogen and oxygen atoms in total. The Morgan fingerprint density at radius 1 is 1.13 bits per heavy atom. The van der Waals surface area contributed by atoms with Crippen molar-refractivity contribution in [3.63, 3.8) is 0 Å². The van der Waals surface area contributed by atoms with Gasteiger partial charge in [0.15, 0.2) is 0 Å². The molecule has 0 aromatic carbocycles. The summed E-state index contributed by atoms with van der Waals surface area (Å²) in [5.41, 5.74) is 10.9. The molecule has 3 heterocycles. The summed E-state index contributed by atoms with van der Waals surface area (Å²) >= 11 is 5.96. The Morgan fingerprint density at radius 3 is 2.65 bits per heavy atom. The highest BCUT2D eigenvalue weighted by molar-refractivity contribution is 6.29. The van der Waals surface area contributed by atoms with Crippen molar-refractivity contribution in [2.75, 3.05) is 7.05 Å². The van der Waals surface area contributed by atoms with E-state index in [0.717, 1.165) is 22.2 Å². The molecular weight excluding hydrogens is 310 g/mol. The van der Waals surface area contributed by atoms with Crippen LogP contribution in [-0.2, 0) is 0 Å². The minimum Gasteiger partial charge on any atom is -0.398 e. The third-order valence-corrected chi connectivity index (χ3v) is 3.56. The predicted octanol–water partition coefficient (Wildman–Crippen LogP) is 3.21. The Bertz CT molecular complexity index is 903. The predicted molar refractivity (Wildman–Crippen MR) is 94.2 cm³/mol. The second kappa shape index (κ2) is 6.54. The van der Waals surface area contributed by atoms with E-state index >= 15 is 0 Å². The Morgan fingerprint density at radius 2 is 1.91 bits per heavy atom. The lowest BCUT2D eigenvalue weighted by molar-refractivity contribution is 1.30. The number of hydrogen-bond acceptors (Lipinski definition) is 5. The summed E-state index contributed by atoms with van der Waals surface area (Å²) in [5.74, 6) is 0. The average Bonchev–Trinajstić information content (AvgIpc) is 2.59. The molecule has 0 saturated carbocycles. The van der Waals surface area contributed by atoms with Crippen LogP contribution in [0.4, 0.5) is 0 Å². The van der Waals surface area contributed by atoms with Gasteiger partial charge in [-0.2, -0.15) is 0 Å². The van der Waals surface area contributed by atoms with E-state index in [1.165, 1.54) is 0 Å². The molecular formula is C17H14ClN5. The van der Waals surface area contributed by atoms with Crippen LogP contribution in [0.15, 0.2) is 53.9 Å². The Kier molecular flexibility index (Phi) is 4.30. The van der Waals surface area contributed by atoms with Crippen molar-refractivity contribution in [3.8, 4) is 0 Å². The second-order valence-electron chi connectivity index (χ2n) is 4.85. The highest BCUT2D eigenvalue weighted by Crippen LogP contribution is 2.23. The molecule has 3 aromatic heterocycles. The third kappa shape index (κ3) is 3.19. The van der Waals surface area contributed by atoms with E-state index < -0.39 is 0 Å². The number of nitrogens with zero attached hydrogens (tertiary/aromatic N) is 4. The van der Waals surface area contributed by atoms with Gasteiger partial charge >= 0.3 is 0 Å². The standard InChI is InChI=1S/C17H14ClN5/c1-20-10-13(17(19)11-4-6-21-7-5-11)12-8-15-14(22-9-12)2-3-16(18)23-15/h2-10H,19H2,1H3. The average molecular weight is 324 g/mol. The molecule has 0 aliphatic rings. The first kappa shape index (κ1) is 15.1. The summed E-state index contributed by atoms with van der Waals surface area (Å²) < 4.78 is 0. The summed E-state index contributed by atoms with van der Waals surface area (Å²) in [5, 5.41) is 0.424. The van der Waals surface area contributed by atoms with Crippen LogP contribution >= 0.6 is 11.6 Å². The van der Waals surface area contributed by atoms with Crippen molar-refractivity contribution >= 4 is 40.1 Å². The van der Waals surface area contributed by atoms with E-state index in [9.17, 15) is 0 Å². The fraction of sp³-hybridized carbons (Fsp3) is 0.0588. The lowest BCUT2D eigenvalue weighted by atomic mass is 10.0. The first-order chi connectivity index (χ1) is 11.2. The third-order valence-electron chi connectivity index (χ3n) is 3.35. The van der Waals surface area contributed by atoms with Crippen LogP contribution in [0.2, 0.25) is 5.15 Å². The topological polar surface area (TPSA) is 77.0 Å². The normalized spacial score (nSPS) is 12.6. The molecule has 23 heavy (non-hydrogen) atoms. The largest absolute Gasteiger partial charge is 0.398 e. The summed E-state index contributed by atoms with van der Waals surface area (Å²) in [7, 11) is 1.70. The molecule has 0 fully saturated rings. The molecule has 0 unspecified atom stereocenters. The van der Waals surface area contributed by atoms with Crippen molar-refractivity contribution in [2.45, 2.75) is 0 Å². The van der Waals surface area contributed by atoms with E-state index in [0.29, 0.717) is 16.4 Å². The van der Waals surface area contributed by atoms with E-state index in [1.54, 1.807) is 37.9 Å². The van der Waals surface area contributed by atoms with Gasteiger partial charge in [0.1, 0.15) is 5.15 Å². The number of hydrogen-bond donors (Lipinski definition) is 1. The van der Waals surface area contributed by atoms with Crippen molar-refractivity contribution < 1.29 is 0 Å². The number of halogens is 1. The molecule has 3 aromatic rings. The Labute approximate surface area is 138 Å².